The number of methoxy groups -OCH3 is 1. The highest BCUT2D eigenvalue weighted by Crippen LogP contribution is 2.66. The summed E-state index contributed by atoms with van der Waals surface area (Å²) in [7, 11) is 1.49. The molecule has 0 aromatic rings. The Kier molecular flexibility index (Phi) is 5.65. The molecule has 4 aliphatic carbocycles. The maximum absolute atomic E-state index is 11.9. The van der Waals surface area contributed by atoms with Crippen LogP contribution < -0.4 is 0 Å². The van der Waals surface area contributed by atoms with Gasteiger partial charge in [-0.05, 0) is 73.0 Å². The summed E-state index contributed by atoms with van der Waals surface area (Å²) in [5, 5.41) is 0. The summed E-state index contributed by atoms with van der Waals surface area (Å²) >= 11 is 0. The fourth-order valence-corrected chi connectivity index (χ4v) is 7.77. The molecule has 0 aromatic heterocycles. The lowest BCUT2D eigenvalue weighted by Crippen LogP contribution is -2.47. The van der Waals surface area contributed by atoms with Gasteiger partial charge >= 0.3 is 11.9 Å². The van der Waals surface area contributed by atoms with Crippen molar-refractivity contribution in [1.82, 2.24) is 0 Å². The van der Waals surface area contributed by atoms with E-state index in [-0.39, 0.29) is 28.9 Å². The predicted molar refractivity (Wildman–Crippen MR) is 117 cm³/mol. The van der Waals surface area contributed by atoms with Crippen molar-refractivity contribution < 1.29 is 19.1 Å². The number of carbonyl (C=O) groups is 2. The van der Waals surface area contributed by atoms with E-state index in [0.29, 0.717) is 30.1 Å². The molecule has 7 atom stereocenters. The van der Waals surface area contributed by atoms with Crippen molar-refractivity contribution in [3.05, 3.63) is 23.3 Å². The van der Waals surface area contributed by atoms with Crippen LogP contribution in [-0.2, 0) is 19.1 Å². The summed E-state index contributed by atoms with van der Waals surface area (Å²) in [6.45, 7) is 8.70. The summed E-state index contributed by atoms with van der Waals surface area (Å²) in [6, 6.07) is 0. The van der Waals surface area contributed by atoms with Crippen LogP contribution in [0.1, 0.15) is 79.1 Å². The quantitative estimate of drug-likeness (QED) is 0.561. The van der Waals surface area contributed by atoms with Gasteiger partial charge in [-0.3, -0.25) is 9.59 Å². The van der Waals surface area contributed by atoms with Gasteiger partial charge in [-0.25, -0.2) is 0 Å². The lowest BCUT2D eigenvalue weighted by molar-refractivity contribution is -0.148. The summed E-state index contributed by atoms with van der Waals surface area (Å²) in [6.07, 6.45) is 13.2. The standard InChI is InChI=1S/C26H38O4/c1-16(14-24(28)29-5)21-8-9-22-20-7-6-18-15-19(30-17(2)27)10-12-25(18,3)23(20)11-13-26(21,22)4/h6-7,16,19,21-23H,8-15H2,1-5H3/t16-,19+,21-,22+,23+,25+,26-/m1/s1. The van der Waals surface area contributed by atoms with Crippen LogP contribution in [0, 0.1) is 34.5 Å². The number of ether oxygens (including phenoxy) is 2. The first-order valence-electron chi connectivity index (χ1n) is 11.8. The van der Waals surface area contributed by atoms with Crippen LogP contribution in [0.3, 0.4) is 0 Å². The summed E-state index contributed by atoms with van der Waals surface area (Å²) in [4.78, 5) is 23.3. The smallest absolute Gasteiger partial charge is 0.305 e. The third kappa shape index (κ3) is 3.44. The molecule has 0 saturated heterocycles. The maximum atomic E-state index is 11.9. The van der Waals surface area contributed by atoms with Gasteiger partial charge in [0.15, 0.2) is 0 Å². The first-order chi connectivity index (χ1) is 14.2. The molecule has 0 aliphatic heterocycles. The van der Waals surface area contributed by atoms with Gasteiger partial charge in [-0.2, -0.15) is 0 Å². The molecule has 0 N–H and O–H groups in total. The zero-order chi connectivity index (χ0) is 21.7. The average molecular weight is 415 g/mol. The van der Waals surface area contributed by atoms with Crippen molar-refractivity contribution in [3.8, 4) is 0 Å². The third-order valence-electron chi connectivity index (χ3n) is 9.33. The van der Waals surface area contributed by atoms with Gasteiger partial charge in [0, 0.05) is 19.8 Å². The van der Waals surface area contributed by atoms with Gasteiger partial charge < -0.3 is 9.47 Å². The Morgan fingerprint density at radius 2 is 1.87 bits per heavy atom. The van der Waals surface area contributed by atoms with E-state index in [1.807, 2.05) is 0 Å². The zero-order valence-electron chi connectivity index (χ0n) is 19.3. The molecule has 30 heavy (non-hydrogen) atoms. The predicted octanol–water partition coefficient (Wildman–Crippen LogP) is 5.62. The Bertz CT molecular complexity index is 780. The second-order valence-electron chi connectivity index (χ2n) is 10.8. The van der Waals surface area contributed by atoms with Crippen LogP contribution in [-0.4, -0.2) is 25.2 Å². The Morgan fingerprint density at radius 3 is 2.57 bits per heavy atom. The Balaban J connectivity index is 1.57. The molecule has 0 spiro atoms. The van der Waals surface area contributed by atoms with E-state index >= 15 is 0 Å². The topological polar surface area (TPSA) is 52.6 Å². The van der Waals surface area contributed by atoms with Crippen LogP contribution in [0.4, 0.5) is 0 Å². The molecule has 4 aliphatic rings. The summed E-state index contributed by atoms with van der Waals surface area (Å²) < 4.78 is 10.5. The largest absolute Gasteiger partial charge is 0.469 e. The third-order valence-corrected chi connectivity index (χ3v) is 9.33. The van der Waals surface area contributed by atoms with E-state index in [1.54, 1.807) is 5.57 Å². The molecule has 4 nitrogen and oxygen atoms in total. The number of hydrogen-bond donors (Lipinski definition) is 0. The number of carbonyl (C=O) groups excluding carboxylic acids is 2. The molecule has 4 heteroatoms. The molecular weight excluding hydrogens is 376 g/mol. The lowest BCUT2D eigenvalue weighted by Gasteiger charge is -2.55. The van der Waals surface area contributed by atoms with E-state index in [9.17, 15) is 9.59 Å². The number of allylic oxidation sites excluding steroid dienone is 3. The highest BCUT2D eigenvalue weighted by Gasteiger charge is 2.57. The monoisotopic (exact) mass is 414 g/mol. The number of hydrogen-bond acceptors (Lipinski definition) is 4. The maximum Gasteiger partial charge on any atom is 0.305 e. The van der Waals surface area contributed by atoms with Gasteiger partial charge in [0.2, 0.25) is 0 Å². The van der Waals surface area contributed by atoms with Gasteiger partial charge in [-0.15, -0.1) is 0 Å². The molecule has 166 valence electrons. The lowest BCUT2D eigenvalue weighted by atomic mass is 9.50. The van der Waals surface area contributed by atoms with Gasteiger partial charge in [-0.1, -0.05) is 44.1 Å². The minimum atomic E-state index is -0.164. The van der Waals surface area contributed by atoms with Crippen molar-refractivity contribution in [3.63, 3.8) is 0 Å². The molecule has 3 saturated carbocycles. The average Bonchev–Trinajstić information content (AvgIpc) is 3.05. The highest BCUT2D eigenvalue weighted by molar-refractivity contribution is 5.69. The van der Waals surface area contributed by atoms with E-state index < -0.39 is 0 Å². The van der Waals surface area contributed by atoms with Crippen LogP contribution in [0.25, 0.3) is 0 Å². The van der Waals surface area contributed by atoms with Gasteiger partial charge in [0.1, 0.15) is 6.10 Å². The fourth-order valence-electron chi connectivity index (χ4n) is 7.77. The number of rotatable bonds is 4. The van der Waals surface area contributed by atoms with Crippen LogP contribution >= 0.6 is 0 Å². The van der Waals surface area contributed by atoms with Crippen molar-refractivity contribution in [1.29, 1.82) is 0 Å². The minimum absolute atomic E-state index is 0.0423. The summed E-state index contributed by atoms with van der Waals surface area (Å²) in [5.41, 5.74) is 3.63. The van der Waals surface area contributed by atoms with E-state index in [4.69, 9.17) is 9.47 Å². The van der Waals surface area contributed by atoms with Crippen LogP contribution in [0.2, 0.25) is 0 Å². The molecule has 4 rings (SSSR count). The molecule has 0 amide bonds. The van der Waals surface area contributed by atoms with Crippen molar-refractivity contribution >= 4 is 11.9 Å². The SMILES string of the molecule is COC(=O)C[C@@H](C)[C@H]1CC[C@H]2C3=CC=C4C[C@@H](OC(C)=O)CC[C@]4(C)[C@H]3CC[C@]12C. The highest BCUT2D eigenvalue weighted by atomic mass is 16.5. The molecule has 0 bridgehead atoms. The zero-order valence-corrected chi connectivity index (χ0v) is 19.3. The Hall–Kier alpha value is -1.58. The van der Waals surface area contributed by atoms with Gasteiger partial charge in [0.25, 0.3) is 0 Å². The van der Waals surface area contributed by atoms with E-state index in [2.05, 4.69) is 32.9 Å². The minimum Gasteiger partial charge on any atom is -0.469 e. The normalized spacial score (nSPS) is 40.8. The van der Waals surface area contributed by atoms with Crippen LogP contribution in [0.15, 0.2) is 23.3 Å². The van der Waals surface area contributed by atoms with Crippen molar-refractivity contribution in [2.24, 2.45) is 34.5 Å². The second kappa shape index (κ2) is 7.84. The molecule has 0 aromatic carbocycles. The number of esters is 2. The molecule has 0 radical (unpaired) electrons. The van der Waals surface area contributed by atoms with E-state index in [0.717, 1.165) is 19.3 Å². The van der Waals surface area contributed by atoms with Crippen LogP contribution in [0.5, 0.6) is 0 Å². The van der Waals surface area contributed by atoms with Gasteiger partial charge in [0.05, 0.1) is 7.11 Å². The fraction of sp³-hybridized carbons (Fsp3) is 0.769. The van der Waals surface area contributed by atoms with Crippen molar-refractivity contribution in [2.45, 2.75) is 85.2 Å². The Morgan fingerprint density at radius 1 is 1.10 bits per heavy atom. The molecule has 3 fully saturated rings. The first-order valence-corrected chi connectivity index (χ1v) is 11.8. The molecular formula is C26H38O4. The van der Waals surface area contributed by atoms with E-state index in [1.165, 1.54) is 45.3 Å². The Labute approximate surface area is 181 Å². The van der Waals surface area contributed by atoms with Crippen molar-refractivity contribution in [2.75, 3.05) is 7.11 Å². The molecule has 0 unspecified atom stereocenters. The first kappa shape index (κ1) is 21.6. The second-order valence-corrected chi connectivity index (χ2v) is 10.8. The molecule has 0 heterocycles. The number of fused-ring (bicyclic) bond motifs is 5. The summed E-state index contributed by atoms with van der Waals surface area (Å²) in [5.74, 6) is 1.95.